The maximum Gasteiger partial charge on any atom is 0.259 e. The van der Waals surface area contributed by atoms with Crippen LogP contribution in [-0.2, 0) is 4.79 Å². The molecule has 0 saturated carbocycles. The van der Waals surface area contributed by atoms with E-state index in [-0.39, 0.29) is 17.1 Å². The van der Waals surface area contributed by atoms with Crippen LogP contribution in [0.25, 0.3) is 0 Å². The zero-order chi connectivity index (χ0) is 22.3. The minimum atomic E-state index is -0.407. The number of ether oxygens (including phenoxy) is 2. The second-order valence-corrected chi connectivity index (χ2v) is 8.90. The van der Waals surface area contributed by atoms with E-state index in [0.717, 1.165) is 23.5 Å². The molecule has 0 radical (unpaired) electrons. The summed E-state index contributed by atoms with van der Waals surface area (Å²) in [5.74, 6) is 0.926. The number of methoxy groups -OCH3 is 2. The maximum absolute atomic E-state index is 13.8. The molecule has 1 aliphatic heterocycles. The molecule has 4 rings (SSSR count). The molecule has 2 aromatic rings. The van der Waals surface area contributed by atoms with E-state index in [2.05, 4.69) is 19.2 Å². The first-order valence-electron chi connectivity index (χ1n) is 10.4. The van der Waals surface area contributed by atoms with Gasteiger partial charge < -0.3 is 14.8 Å². The van der Waals surface area contributed by atoms with Crippen LogP contribution < -0.4 is 19.7 Å². The molecule has 31 heavy (non-hydrogen) atoms. The Morgan fingerprint density at radius 2 is 1.77 bits per heavy atom. The topological polar surface area (TPSA) is 67.9 Å². The number of hydrogen-bond donors (Lipinski definition) is 1. The van der Waals surface area contributed by atoms with Crippen LogP contribution in [0.1, 0.15) is 44.0 Å². The fourth-order valence-electron chi connectivity index (χ4n) is 4.61. The number of rotatable bonds is 3. The lowest BCUT2D eigenvalue weighted by Crippen LogP contribution is -2.43. The summed E-state index contributed by atoms with van der Waals surface area (Å²) in [5, 5.41) is 3.48. The van der Waals surface area contributed by atoms with Crippen molar-refractivity contribution in [3.05, 3.63) is 59.3 Å². The molecule has 1 unspecified atom stereocenters. The highest BCUT2D eigenvalue weighted by molar-refractivity contribution is 6.12. The second kappa shape index (κ2) is 7.76. The zero-order valence-corrected chi connectivity index (χ0v) is 18.6. The molecule has 1 atom stereocenters. The quantitative estimate of drug-likeness (QED) is 0.772. The predicted molar refractivity (Wildman–Crippen MR) is 121 cm³/mol. The summed E-state index contributed by atoms with van der Waals surface area (Å²) in [6.45, 7) is 6.13. The Balaban J connectivity index is 1.84. The minimum Gasteiger partial charge on any atom is -0.493 e. The third-order valence-corrected chi connectivity index (χ3v) is 6.02. The molecule has 2 aliphatic rings. The number of benzene rings is 2. The molecule has 6 nitrogen and oxygen atoms in total. The van der Waals surface area contributed by atoms with Crippen molar-refractivity contribution in [1.29, 1.82) is 0 Å². The predicted octanol–water partition coefficient (Wildman–Crippen LogP) is 4.81. The van der Waals surface area contributed by atoms with E-state index >= 15 is 0 Å². The molecule has 0 spiro atoms. The highest BCUT2D eigenvalue weighted by atomic mass is 16.5. The Labute approximate surface area is 182 Å². The average molecular weight is 421 g/mol. The van der Waals surface area contributed by atoms with Gasteiger partial charge in [0.2, 0.25) is 0 Å². The smallest absolute Gasteiger partial charge is 0.259 e. The molecule has 2 aromatic carbocycles. The van der Waals surface area contributed by atoms with E-state index in [4.69, 9.17) is 9.47 Å². The van der Waals surface area contributed by atoms with Gasteiger partial charge in [-0.25, -0.2) is 0 Å². The SMILES string of the molecule is COc1ccc(C(=O)N2c3ccccc3NC3=C(C(=O)CC(C)(C)C3)C2C)cc1OC. The van der Waals surface area contributed by atoms with E-state index < -0.39 is 6.04 Å². The van der Waals surface area contributed by atoms with Crippen LogP contribution in [0, 0.1) is 5.41 Å². The van der Waals surface area contributed by atoms with Gasteiger partial charge in [-0.3, -0.25) is 14.5 Å². The van der Waals surface area contributed by atoms with E-state index in [0.29, 0.717) is 29.1 Å². The Morgan fingerprint density at radius 3 is 2.48 bits per heavy atom. The summed E-state index contributed by atoms with van der Waals surface area (Å²) in [6, 6.07) is 12.4. The third-order valence-electron chi connectivity index (χ3n) is 6.02. The van der Waals surface area contributed by atoms with Crippen molar-refractivity contribution >= 4 is 23.1 Å². The molecular weight excluding hydrogens is 392 g/mol. The summed E-state index contributed by atoms with van der Waals surface area (Å²) in [6.07, 6.45) is 1.22. The van der Waals surface area contributed by atoms with Gasteiger partial charge in [0, 0.05) is 23.3 Å². The summed E-state index contributed by atoms with van der Waals surface area (Å²) in [5.41, 5.74) is 3.49. The van der Waals surface area contributed by atoms with Gasteiger partial charge in [0.1, 0.15) is 0 Å². The number of carbonyl (C=O) groups excluding carboxylic acids is 2. The minimum absolute atomic E-state index is 0.0872. The van der Waals surface area contributed by atoms with Crippen LogP contribution >= 0.6 is 0 Å². The number of nitrogens with one attached hydrogen (secondary N) is 1. The highest BCUT2D eigenvalue weighted by Gasteiger charge is 2.40. The number of allylic oxidation sites excluding steroid dienone is 1. The summed E-state index contributed by atoms with van der Waals surface area (Å²) >= 11 is 0. The van der Waals surface area contributed by atoms with Crippen LogP contribution in [0.2, 0.25) is 0 Å². The molecule has 1 aliphatic carbocycles. The number of nitrogens with zero attached hydrogens (tertiary/aromatic N) is 1. The van der Waals surface area contributed by atoms with E-state index in [1.165, 1.54) is 0 Å². The van der Waals surface area contributed by atoms with Gasteiger partial charge in [-0.15, -0.1) is 0 Å². The van der Waals surface area contributed by atoms with Gasteiger partial charge in [-0.1, -0.05) is 26.0 Å². The van der Waals surface area contributed by atoms with Gasteiger partial charge in [-0.05, 0) is 49.1 Å². The standard InChI is InChI=1S/C25H28N2O4/c1-15-23-18(13-25(2,3)14-20(23)28)26-17-8-6-7-9-19(17)27(15)24(29)16-10-11-21(30-4)22(12-16)31-5/h6-12,15,26H,13-14H2,1-5H3. The number of fused-ring (bicyclic) bond motifs is 1. The van der Waals surface area contributed by atoms with Crippen molar-refractivity contribution in [2.45, 2.75) is 39.7 Å². The summed E-state index contributed by atoms with van der Waals surface area (Å²) < 4.78 is 10.7. The van der Waals surface area contributed by atoms with Gasteiger partial charge in [0.25, 0.3) is 5.91 Å². The second-order valence-electron chi connectivity index (χ2n) is 8.90. The highest BCUT2D eigenvalue weighted by Crippen LogP contribution is 2.44. The fourth-order valence-corrected chi connectivity index (χ4v) is 4.61. The summed E-state index contributed by atoms with van der Waals surface area (Å²) in [7, 11) is 3.10. The van der Waals surface area contributed by atoms with Crippen molar-refractivity contribution < 1.29 is 19.1 Å². The molecule has 0 bridgehead atoms. The molecule has 0 fully saturated rings. The molecule has 1 N–H and O–H groups in total. The number of hydrogen-bond acceptors (Lipinski definition) is 5. The van der Waals surface area contributed by atoms with Crippen molar-refractivity contribution in [3.63, 3.8) is 0 Å². The lowest BCUT2D eigenvalue weighted by Gasteiger charge is -2.35. The first kappa shape index (κ1) is 21.0. The molecule has 0 saturated heterocycles. The van der Waals surface area contributed by atoms with Gasteiger partial charge >= 0.3 is 0 Å². The molecular formula is C25H28N2O4. The Hall–Kier alpha value is -3.28. The Kier molecular flexibility index (Phi) is 5.25. The number of amides is 1. The number of ketones is 1. The van der Waals surface area contributed by atoms with Crippen molar-refractivity contribution in [3.8, 4) is 11.5 Å². The monoisotopic (exact) mass is 420 g/mol. The van der Waals surface area contributed by atoms with Gasteiger partial charge in [0.15, 0.2) is 17.3 Å². The Bertz CT molecular complexity index is 1090. The van der Waals surface area contributed by atoms with E-state index in [1.807, 2.05) is 31.2 Å². The van der Waals surface area contributed by atoms with E-state index in [9.17, 15) is 9.59 Å². The first-order chi connectivity index (χ1) is 14.8. The number of anilines is 2. The van der Waals surface area contributed by atoms with Crippen LogP contribution in [-0.4, -0.2) is 32.0 Å². The number of para-hydroxylation sites is 2. The fraction of sp³-hybridized carbons (Fsp3) is 0.360. The van der Waals surface area contributed by atoms with Crippen LogP contribution in [0.4, 0.5) is 11.4 Å². The van der Waals surface area contributed by atoms with Gasteiger partial charge in [-0.2, -0.15) is 0 Å². The first-order valence-corrected chi connectivity index (χ1v) is 10.4. The lowest BCUT2D eigenvalue weighted by atomic mass is 9.74. The number of carbonyl (C=O) groups is 2. The molecule has 6 heteroatoms. The van der Waals surface area contributed by atoms with Crippen molar-refractivity contribution in [2.75, 3.05) is 24.4 Å². The molecule has 1 heterocycles. The molecule has 0 aromatic heterocycles. The molecule has 162 valence electrons. The maximum atomic E-state index is 13.8. The van der Waals surface area contributed by atoms with Crippen LogP contribution in [0.15, 0.2) is 53.7 Å². The Morgan fingerprint density at radius 1 is 1.06 bits per heavy atom. The average Bonchev–Trinajstić information content (AvgIpc) is 2.85. The summed E-state index contributed by atoms with van der Waals surface area (Å²) in [4.78, 5) is 28.7. The van der Waals surface area contributed by atoms with Gasteiger partial charge in [0.05, 0.1) is 31.6 Å². The van der Waals surface area contributed by atoms with Crippen LogP contribution in [0.3, 0.4) is 0 Å². The third kappa shape index (κ3) is 3.67. The largest absolute Gasteiger partial charge is 0.493 e. The lowest BCUT2D eigenvalue weighted by molar-refractivity contribution is -0.118. The van der Waals surface area contributed by atoms with Crippen molar-refractivity contribution in [2.24, 2.45) is 5.41 Å². The molecule has 1 amide bonds. The normalized spacial score (nSPS) is 19.7. The van der Waals surface area contributed by atoms with Crippen LogP contribution in [0.5, 0.6) is 11.5 Å². The van der Waals surface area contributed by atoms with Crippen molar-refractivity contribution in [1.82, 2.24) is 0 Å². The number of Topliss-reactive ketones (excluding diaryl/α,β-unsaturated/α-hetero) is 1. The zero-order valence-electron chi connectivity index (χ0n) is 18.6. The van der Waals surface area contributed by atoms with E-state index in [1.54, 1.807) is 37.3 Å².